The number of rotatable bonds is 10. The fourth-order valence-corrected chi connectivity index (χ4v) is 3.50. The summed E-state index contributed by atoms with van der Waals surface area (Å²) in [5.74, 6) is 1.45. The number of benzene rings is 1. The number of guanidine groups is 1. The molecule has 162 valence electrons. The summed E-state index contributed by atoms with van der Waals surface area (Å²) >= 11 is 0. The molecule has 7 heteroatoms. The number of nitrogens with zero attached hydrogens (tertiary/aromatic N) is 2. The summed E-state index contributed by atoms with van der Waals surface area (Å²) in [6, 6.07) is 7.79. The van der Waals surface area contributed by atoms with Crippen LogP contribution in [0.4, 0.5) is 0 Å². The molecule has 1 unspecified atom stereocenters. The first-order chi connectivity index (χ1) is 14.1. The van der Waals surface area contributed by atoms with Gasteiger partial charge in [0.05, 0.1) is 7.11 Å². The SMILES string of the molecule is CCNC(=NCCCN1CCCCC1C)NCCNC(=O)c1ccc(OC)cc1. The minimum absolute atomic E-state index is 0.0907. The average Bonchev–Trinajstić information content (AvgIpc) is 2.75. The van der Waals surface area contributed by atoms with Crippen LogP contribution in [0.3, 0.4) is 0 Å². The van der Waals surface area contributed by atoms with E-state index in [0.29, 0.717) is 24.7 Å². The number of aliphatic imine (C=N–C) groups is 1. The van der Waals surface area contributed by atoms with Crippen LogP contribution in [0.2, 0.25) is 0 Å². The monoisotopic (exact) mass is 403 g/mol. The van der Waals surface area contributed by atoms with E-state index in [0.717, 1.165) is 37.8 Å². The van der Waals surface area contributed by atoms with Crippen LogP contribution in [0.1, 0.15) is 49.9 Å². The van der Waals surface area contributed by atoms with E-state index in [1.54, 1.807) is 31.4 Å². The molecule has 7 nitrogen and oxygen atoms in total. The lowest BCUT2D eigenvalue weighted by Crippen LogP contribution is -2.42. The Morgan fingerprint density at radius 2 is 1.93 bits per heavy atom. The van der Waals surface area contributed by atoms with Crippen molar-refractivity contribution >= 4 is 11.9 Å². The normalized spacial score (nSPS) is 17.6. The predicted octanol–water partition coefficient (Wildman–Crippen LogP) is 2.24. The van der Waals surface area contributed by atoms with Crippen LogP contribution in [0.5, 0.6) is 5.75 Å². The van der Waals surface area contributed by atoms with Crippen LogP contribution in [-0.4, -0.2) is 69.2 Å². The zero-order chi connectivity index (χ0) is 20.9. The maximum Gasteiger partial charge on any atom is 0.251 e. The Balaban J connectivity index is 1.66. The van der Waals surface area contributed by atoms with E-state index >= 15 is 0 Å². The van der Waals surface area contributed by atoms with Crippen molar-refractivity contribution in [2.45, 2.75) is 45.6 Å². The van der Waals surface area contributed by atoms with E-state index < -0.39 is 0 Å². The number of carbonyl (C=O) groups excluding carboxylic acids is 1. The van der Waals surface area contributed by atoms with Crippen molar-refractivity contribution in [1.29, 1.82) is 0 Å². The number of piperidine rings is 1. The summed E-state index contributed by atoms with van der Waals surface area (Å²) in [4.78, 5) is 19.4. The molecular weight excluding hydrogens is 366 g/mol. The van der Waals surface area contributed by atoms with Gasteiger partial charge in [0.1, 0.15) is 5.75 Å². The number of hydrogen-bond donors (Lipinski definition) is 3. The van der Waals surface area contributed by atoms with Crippen LogP contribution in [0.15, 0.2) is 29.3 Å². The highest BCUT2D eigenvalue weighted by molar-refractivity contribution is 5.94. The third-order valence-electron chi connectivity index (χ3n) is 5.21. The van der Waals surface area contributed by atoms with Crippen LogP contribution in [-0.2, 0) is 0 Å². The van der Waals surface area contributed by atoms with E-state index in [1.807, 2.05) is 0 Å². The number of likely N-dealkylation sites (tertiary alicyclic amines) is 1. The molecule has 2 rings (SSSR count). The zero-order valence-electron chi connectivity index (χ0n) is 18.2. The lowest BCUT2D eigenvalue weighted by Gasteiger charge is -2.33. The largest absolute Gasteiger partial charge is 0.497 e. The predicted molar refractivity (Wildman–Crippen MR) is 119 cm³/mol. The highest BCUT2D eigenvalue weighted by Crippen LogP contribution is 2.16. The van der Waals surface area contributed by atoms with Gasteiger partial charge in [0, 0.05) is 44.3 Å². The fourth-order valence-electron chi connectivity index (χ4n) is 3.50. The summed E-state index contributed by atoms with van der Waals surface area (Å²) < 4.78 is 5.11. The standard InChI is InChI=1S/C22H37N5O2/c1-4-23-22(25-13-7-17-27-16-6-5-8-18(27)2)26-15-14-24-21(28)19-9-11-20(29-3)12-10-19/h9-12,18H,4-8,13-17H2,1-3H3,(H,24,28)(H2,23,25,26). The van der Waals surface area contributed by atoms with Gasteiger partial charge in [0.15, 0.2) is 5.96 Å². The summed E-state index contributed by atoms with van der Waals surface area (Å²) in [6.07, 6.45) is 5.06. The Labute approximate surface area is 175 Å². The number of carbonyl (C=O) groups is 1. The fraction of sp³-hybridized carbons (Fsp3) is 0.636. The van der Waals surface area contributed by atoms with Crippen molar-refractivity contribution < 1.29 is 9.53 Å². The Kier molecular flexibility index (Phi) is 10.3. The minimum Gasteiger partial charge on any atom is -0.497 e. The third kappa shape index (κ3) is 8.31. The summed E-state index contributed by atoms with van der Waals surface area (Å²) in [5, 5.41) is 9.46. The molecule has 1 aliphatic rings. The summed E-state index contributed by atoms with van der Waals surface area (Å²) in [7, 11) is 1.61. The quantitative estimate of drug-likeness (QED) is 0.317. The highest BCUT2D eigenvalue weighted by atomic mass is 16.5. The second-order valence-electron chi connectivity index (χ2n) is 7.41. The smallest absolute Gasteiger partial charge is 0.251 e. The first-order valence-corrected chi connectivity index (χ1v) is 10.8. The molecule has 0 radical (unpaired) electrons. The lowest BCUT2D eigenvalue weighted by molar-refractivity contribution is 0.0954. The maximum absolute atomic E-state index is 12.2. The topological polar surface area (TPSA) is 78.0 Å². The van der Waals surface area contributed by atoms with Gasteiger partial charge in [-0.15, -0.1) is 0 Å². The number of nitrogens with one attached hydrogen (secondary N) is 3. The molecule has 1 atom stereocenters. The van der Waals surface area contributed by atoms with Gasteiger partial charge in [-0.2, -0.15) is 0 Å². The van der Waals surface area contributed by atoms with Crippen molar-refractivity contribution in [3.8, 4) is 5.75 Å². The van der Waals surface area contributed by atoms with Gasteiger partial charge in [-0.3, -0.25) is 9.79 Å². The Morgan fingerprint density at radius 3 is 2.62 bits per heavy atom. The van der Waals surface area contributed by atoms with Crippen LogP contribution in [0, 0.1) is 0 Å². The van der Waals surface area contributed by atoms with E-state index in [9.17, 15) is 4.79 Å². The Bertz CT molecular complexity index is 633. The molecule has 29 heavy (non-hydrogen) atoms. The molecular formula is C22H37N5O2. The molecule has 0 spiro atoms. The van der Waals surface area contributed by atoms with E-state index in [-0.39, 0.29) is 5.91 Å². The number of amides is 1. The molecule has 1 fully saturated rings. The molecule has 0 saturated carbocycles. The second kappa shape index (κ2) is 13.0. The van der Waals surface area contributed by atoms with Crippen molar-refractivity contribution in [3.05, 3.63) is 29.8 Å². The molecule has 0 bridgehead atoms. The molecule has 1 aromatic rings. The number of methoxy groups -OCH3 is 1. The molecule has 1 heterocycles. The molecule has 0 aliphatic carbocycles. The van der Waals surface area contributed by atoms with Crippen molar-refractivity contribution in [1.82, 2.24) is 20.9 Å². The minimum atomic E-state index is -0.0907. The maximum atomic E-state index is 12.2. The number of ether oxygens (including phenoxy) is 1. The van der Waals surface area contributed by atoms with Gasteiger partial charge >= 0.3 is 0 Å². The number of hydrogen-bond acceptors (Lipinski definition) is 4. The third-order valence-corrected chi connectivity index (χ3v) is 5.21. The molecule has 1 aromatic carbocycles. The van der Waals surface area contributed by atoms with Crippen LogP contribution in [0.25, 0.3) is 0 Å². The van der Waals surface area contributed by atoms with Gasteiger partial charge in [0.25, 0.3) is 5.91 Å². The Hall–Kier alpha value is -2.28. The van der Waals surface area contributed by atoms with Crippen molar-refractivity contribution in [2.24, 2.45) is 4.99 Å². The van der Waals surface area contributed by atoms with Gasteiger partial charge in [-0.05, 0) is 63.9 Å². The first kappa shape index (κ1) is 23.0. The van der Waals surface area contributed by atoms with E-state index in [2.05, 4.69) is 39.7 Å². The van der Waals surface area contributed by atoms with Crippen molar-refractivity contribution in [2.75, 3.05) is 46.4 Å². The lowest BCUT2D eigenvalue weighted by atomic mass is 10.0. The van der Waals surface area contributed by atoms with E-state index in [4.69, 9.17) is 4.74 Å². The van der Waals surface area contributed by atoms with Crippen LogP contribution < -0.4 is 20.7 Å². The zero-order valence-corrected chi connectivity index (χ0v) is 18.2. The second-order valence-corrected chi connectivity index (χ2v) is 7.41. The Morgan fingerprint density at radius 1 is 1.17 bits per heavy atom. The van der Waals surface area contributed by atoms with Crippen LogP contribution >= 0.6 is 0 Å². The van der Waals surface area contributed by atoms with Gasteiger partial charge in [0.2, 0.25) is 0 Å². The highest BCUT2D eigenvalue weighted by Gasteiger charge is 2.16. The average molecular weight is 404 g/mol. The van der Waals surface area contributed by atoms with Gasteiger partial charge in [-0.25, -0.2) is 0 Å². The van der Waals surface area contributed by atoms with Crippen molar-refractivity contribution in [3.63, 3.8) is 0 Å². The first-order valence-electron chi connectivity index (χ1n) is 10.8. The van der Waals surface area contributed by atoms with E-state index in [1.165, 1.54) is 25.8 Å². The van der Waals surface area contributed by atoms with Gasteiger partial charge in [-0.1, -0.05) is 6.42 Å². The molecule has 3 N–H and O–H groups in total. The molecule has 0 aromatic heterocycles. The summed E-state index contributed by atoms with van der Waals surface area (Å²) in [5.41, 5.74) is 0.623. The molecule has 1 amide bonds. The van der Waals surface area contributed by atoms with Gasteiger partial charge < -0.3 is 25.6 Å². The molecule has 1 saturated heterocycles. The molecule has 1 aliphatic heterocycles. The summed E-state index contributed by atoms with van der Waals surface area (Å²) in [6.45, 7) is 9.48.